The third kappa shape index (κ3) is 30.4. The van der Waals surface area contributed by atoms with Crippen LogP contribution < -0.4 is 23.7 Å². The molecule has 3 saturated heterocycles. The number of aryl methyl sites for hydroxylation is 4. The molecule has 3 heterocycles. The zero-order valence-corrected chi connectivity index (χ0v) is 75.1. The summed E-state index contributed by atoms with van der Waals surface area (Å²) in [5, 5.41) is 17.1. The van der Waals surface area contributed by atoms with E-state index in [9.17, 15) is 64.3 Å². The van der Waals surface area contributed by atoms with Crippen LogP contribution >= 0.6 is 58.8 Å². The summed E-state index contributed by atoms with van der Waals surface area (Å²) in [6.07, 6.45) is 20.1. The highest BCUT2D eigenvalue weighted by Crippen LogP contribution is 2.36. The first-order chi connectivity index (χ1) is 60.6. The summed E-state index contributed by atoms with van der Waals surface area (Å²) >= 11 is 24.3. The van der Waals surface area contributed by atoms with Crippen molar-refractivity contribution in [3.8, 4) is 83.2 Å². The van der Waals surface area contributed by atoms with Gasteiger partial charge in [-0.3, -0.25) is 19.2 Å². The number of carbonyl (C=O) groups excluding carboxylic acids is 6. The molecule has 0 aromatic heterocycles. The number of carboxylic acids is 2. The van der Waals surface area contributed by atoms with Crippen LogP contribution in [0, 0.1) is 117 Å². The second kappa shape index (κ2) is 50.3. The highest BCUT2D eigenvalue weighted by Gasteiger charge is 2.39. The van der Waals surface area contributed by atoms with Gasteiger partial charge in [0.25, 0.3) is 23.6 Å². The highest BCUT2D eigenvalue weighted by atomic mass is 35.5. The number of benzene rings is 8. The van der Waals surface area contributed by atoms with E-state index in [0.29, 0.717) is 67.3 Å². The summed E-state index contributed by atoms with van der Waals surface area (Å²) in [7, 11) is -1.45. The second-order valence-electron chi connectivity index (χ2n) is 29.6. The summed E-state index contributed by atoms with van der Waals surface area (Å²) in [5.74, 6) is 10.9. The van der Waals surface area contributed by atoms with Gasteiger partial charge in [0.2, 0.25) is 10.0 Å². The number of sulfonamides is 1. The fraction of sp³-hybridized carbons (Fsp3) is 0.312. The zero-order chi connectivity index (χ0) is 92.6. The van der Waals surface area contributed by atoms with Crippen molar-refractivity contribution in [2.45, 2.75) is 128 Å². The number of terminal acetylenes is 2. The Labute approximate surface area is 767 Å². The molecule has 13 rings (SSSR count). The predicted molar refractivity (Wildman–Crippen MR) is 481 cm³/mol. The lowest BCUT2D eigenvalue weighted by atomic mass is 10.1. The number of methoxy groups -OCH3 is 2. The lowest BCUT2D eigenvalue weighted by molar-refractivity contribution is 0.0586. The molecule has 672 valence electrons. The minimum absolute atomic E-state index is 0. The van der Waals surface area contributed by atoms with Gasteiger partial charge in [-0.15, -0.1) is 25.3 Å². The lowest BCUT2D eigenvalue weighted by Gasteiger charge is -2.25. The van der Waals surface area contributed by atoms with Gasteiger partial charge >= 0.3 is 23.9 Å². The molecule has 0 bridgehead atoms. The van der Waals surface area contributed by atoms with Crippen molar-refractivity contribution in [2.24, 2.45) is 5.92 Å². The molecule has 2 saturated carbocycles. The largest absolute Gasteiger partial charge is 0.492 e. The van der Waals surface area contributed by atoms with E-state index < -0.39 is 79.5 Å². The fourth-order valence-electron chi connectivity index (χ4n) is 13.3. The third-order valence-corrected chi connectivity index (χ3v) is 23.4. The Kier molecular flexibility index (Phi) is 40.3. The van der Waals surface area contributed by atoms with Gasteiger partial charge in [0.05, 0.1) is 92.1 Å². The van der Waals surface area contributed by atoms with E-state index in [-0.39, 0.29) is 122 Å². The Bertz CT molecular complexity index is 5700. The van der Waals surface area contributed by atoms with Gasteiger partial charge in [-0.2, -0.15) is 0 Å². The van der Waals surface area contributed by atoms with E-state index in [4.69, 9.17) is 88.4 Å². The standard InChI is InChI=1S/C23H24ClFN2O5S.C21H21ClFNO4.C20H19ClFNO4.C14H16ClFO3.C10H2.C8H8O2.ClH/c1-14-4-6-15(7-5-14)23(29)27-10-2-3-16(27)13-32-21-12-20(25)18(11-19(21)24)22(28)26-33(30,31)17-8-9-17;1-13-5-7-14(8-6-13)20(25)24-9-3-4-15(24)12-28-19-11-18(23)16(10-17(19)22)21(26)27-2;1-12-4-6-13(7-5-12)19(24)23-8-2-3-14(23)11-27-18-10-17(22)15(20(25)26)9-16(18)21;1-18-14(17)10-6-11(15)13(7-12(10)16)19-8-9-4-2-3-5-9;1-3-5-7-9-10-8-6-4-2;1-6-2-4-7(5-3-6)8(9)10;/h4-7,11-12,16-17H,2-3,8-10,13H2,1H3,(H,26,28);5-8,10-11,15H,3-4,9,12H2,1-2H3;4-7,9-10,14H,2-3,8,11H2,1H3,(H,25,26);6-7,9H,2-5,8H2,1H3;1-2H;2-5H,1H3,(H,9,10);1H/t16-;15-;14-;;;;/m111..../s1. The number of amides is 4. The van der Waals surface area contributed by atoms with Crippen molar-refractivity contribution < 1.29 is 103 Å². The van der Waals surface area contributed by atoms with Gasteiger partial charge in [0.1, 0.15) is 66.1 Å². The predicted octanol–water partition coefficient (Wildman–Crippen LogP) is 18.3. The van der Waals surface area contributed by atoms with Crippen molar-refractivity contribution in [3.63, 3.8) is 0 Å². The number of nitrogens with one attached hydrogen (secondary N) is 1. The Morgan fingerprint density at radius 2 is 0.695 bits per heavy atom. The second-order valence-corrected chi connectivity index (χ2v) is 33.2. The smallest absolute Gasteiger partial charge is 0.340 e. The van der Waals surface area contributed by atoms with Crippen molar-refractivity contribution in [1.29, 1.82) is 0 Å². The molecule has 4 amide bonds. The first kappa shape index (κ1) is 103. The van der Waals surface area contributed by atoms with Crippen molar-refractivity contribution in [2.75, 3.05) is 60.3 Å². The van der Waals surface area contributed by atoms with Crippen LogP contribution in [0.5, 0.6) is 23.0 Å². The number of carbonyl (C=O) groups is 8. The van der Waals surface area contributed by atoms with E-state index in [1.165, 1.54) is 39.2 Å². The van der Waals surface area contributed by atoms with Crippen LogP contribution in [-0.4, -0.2) is 164 Å². The first-order valence-corrected chi connectivity index (χ1v) is 43.0. The van der Waals surface area contributed by atoms with Crippen LogP contribution in [0.3, 0.4) is 0 Å². The van der Waals surface area contributed by atoms with Crippen LogP contribution in [-0.2, 0) is 19.5 Å². The van der Waals surface area contributed by atoms with Crippen LogP contribution in [0.15, 0.2) is 146 Å². The Hall–Kier alpha value is -12.4. The molecule has 2 aliphatic carbocycles. The number of aromatic carboxylic acids is 2. The molecule has 5 aliphatic rings. The molecular formula is C96H91Cl5F4N4O18S. The maximum atomic E-state index is 14.6. The Morgan fingerprint density at radius 3 is 1.00 bits per heavy atom. The van der Waals surface area contributed by atoms with Crippen molar-refractivity contribution >= 4 is 116 Å². The van der Waals surface area contributed by atoms with Crippen LogP contribution in [0.25, 0.3) is 0 Å². The van der Waals surface area contributed by atoms with Crippen LogP contribution in [0.2, 0.25) is 20.1 Å². The topological polar surface area (TPSA) is 288 Å². The number of halogens is 9. The van der Waals surface area contributed by atoms with Gasteiger partial charge in [-0.1, -0.05) is 130 Å². The van der Waals surface area contributed by atoms with Gasteiger partial charge in [-0.25, -0.2) is 49.9 Å². The SMILES string of the molecule is C#CC#CC#CC#CC#C.COC(=O)c1cc(Cl)c(OCC2CCCC2)cc1F.COC(=O)c1cc(Cl)c(OC[C@H]2CCCN2C(=O)c2ccc(C)cc2)cc1F.Cc1ccc(C(=O)N2CCC[C@@H]2COc2cc(F)c(C(=O)NS(=O)(=O)C3CC3)cc2Cl)cc1.Cc1ccc(C(=O)N2CCC[C@@H]2COc2cc(F)c(C(=O)O)cc2Cl)cc1.Cc1ccc(C(=O)O)cc1.Cl. The monoisotopic (exact) mass is 1870 g/mol. The van der Waals surface area contributed by atoms with E-state index in [2.05, 4.69) is 56.8 Å². The van der Waals surface area contributed by atoms with E-state index in [0.717, 1.165) is 110 Å². The number of carboxylic acid groups (broad SMARTS) is 2. The van der Waals surface area contributed by atoms with Crippen molar-refractivity contribution in [3.05, 3.63) is 256 Å². The number of hydrogen-bond acceptors (Lipinski definition) is 16. The number of esters is 2. The van der Waals surface area contributed by atoms with Crippen LogP contribution in [0.4, 0.5) is 17.6 Å². The first-order valence-electron chi connectivity index (χ1n) is 39.9. The average molecular weight is 1870 g/mol. The summed E-state index contributed by atoms with van der Waals surface area (Å²) in [5.41, 5.74) is 5.05. The van der Waals surface area contributed by atoms with Gasteiger partial charge in [0, 0.05) is 60.6 Å². The molecule has 3 atom stereocenters. The van der Waals surface area contributed by atoms with Crippen molar-refractivity contribution in [1.82, 2.24) is 19.4 Å². The molecule has 22 nitrogen and oxygen atoms in total. The van der Waals surface area contributed by atoms with E-state index >= 15 is 0 Å². The molecule has 5 fully saturated rings. The highest BCUT2D eigenvalue weighted by molar-refractivity contribution is 7.91. The van der Waals surface area contributed by atoms with E-state index in [1.807, 2.05) is 80.9 Å². The fourth-order valence-corrected chi connectivity index (χ4v) is 15.5. The van der Waals surface area contributed by atoms with Crippen LogP contribution in [0.1, 0.15) is 182 Å². The molecule has 8 aromatic carbocycles. The summed E-state index contributed by atoms with van der Waals surface area (Å²) in [4.78, 5) is 100.0. The minimum atomic E-state index is -3.81. The molecule has 3 aliphatic heterocycles. The quantitative estimate of drug-likeness (QED) is 0.0323. The zero-order valence-electron chi connectivity index (χ0n) is 70.4. The number of hydrogen-bond donors (Lipinski definition) is 3. The maximum absolute atomic E-state index is 14.6. The Morgan fingerprint density at radius 1 is 0.406 bits per heavy atom. The van der Waals surface area contributed by atoms with E-state index in [1.54, 1.807) is 63.2 Å². The number of rotatable bonds is 22. The number of nitrogens with zero attached hydrogens (tertiary/aromatic N) is 3. The number of likely N-dealkylation sites (tertiary alicyclic amines) is 3. The molecule has 3 N–H and O–H groups in total. The summed E-state index contributed by atoms with van der Waals surface area (Å²) < 4.78 is 114. The molecule has 0 spiro atoms. The Balaban J connectivity index is 0.000000220. The third-order valence-electron chi connectivity index (χ3n) is 20.4. The molecule has 128 heavy (non-hydrogen) atoms. The molecule has 8 aromatic rings. The average Bonchev–Trinajstić information content (AvgIpc) is 1.55. The normalized spacial score (nSPS) is 15.0. The molecular weight excluding hydrogens is 1780 g/mol. The van der Waals surface area contributed by atoms with Gasteiger partial charge in [-0.05, 0) is 218 Å². The summed E-state index contributed by atoms with van der Waals surface area (Å²) in [6, 6.07) is 37.0. The molecule has 0 unspecified atom stereocenters. The number of ether oxygens (including phenoxy) is 6. The van der Waals surface area contributed by atoms with Gasteiger partial charge < -0.3 is 53.3 Å². The maximum Gasteiger partial charge on any atom is 0.340 e. The minimum Gasteiger partial charge on any atom is -0.492 e. The lowest BCUT2D eigenvalue weighted by Crippen LogP contribution is -2.39. The summed E-state index contributed by atoms with van der Waals surface area (Å²) in [6.45, 7) is 10.7. The molecule has 0 radical (unpaired) electrons. The van der Waals surface area contributed by atoms with Gasteiger partial charge in [0.15, 0.2) is 0 Å². The molecule has 32 heteroatoms.